The van der Waals surface area contributed by atoms with Crippen molar-refractivity contribution in [1.29, 1.82) is 0 Å². The lowest BCUT2D eigenvalue weighted by atomic mass is 10.1. The quantitative estimate of drug-likeness (QED) is 0.827. The topological polar surface area (TPSA) is 61.4 Å². The van der Waals surface area contributed by atoms with Crippen molar-refractivity contribution in [2.45, 2.75) is 6.42 Å². The number of benzene rings is 2. The highest BCUT2D eigenvalue weighted by atomic mass is 19.1. The lowest BCUT2D eigenvalue weighted by Crippen LogP contribution is -2.36. The maximum Gasteiger partial charge on any atom is 0.313 e. The van der Waals surface area contributed by atoms with Crippen LogP contribution in [0.25, 0.3) is 0 Å². The van der Waals surface area contributed by atoms with E-state index in [4.69, 9.17) is 0 Å². The van der Waals surface area contributed by atoms with E-state index in [1.54, 1.807) is 6.07 Å². The molecule has 0 unspecified atom stereocenters. The van der Waals surface area contributed by atoms with Crippen molar-refractivity contribution >= 4 is 23.2 Å². The van der Waals surface area contributed by atoms with E-state index in [-0.39, 0.29) is 5.69 Å². The Kier molecular flexibility index (Phi) is 5.89. The molecule has 2 amide bonds. The summed E-state index contributed by atoms with van der Waals surface area (Å²) in [5, 5.41) is 4.77. The zero-order chi connectivity index (χ0) is 17.5. The Morgan fingerprint density at radius 1 is 1.00 bits per heavy atom. The van der Waals surface area contributed by atoms with E-state index in [0.29, 0.717) is 13.0 Å². The Labute approximate surface area is 140 Å². The van der Waals surface area contributed by atoms with Crippen LogP contribution in [0.4, 0.5) is 15.8 Å². The molecule has 24 heavy (non-hydrogen) atoms. The first-order valence-electron chi connectivity index (χ1n) is 7.57. The molecule has 0 heterocycles. The molecule has 126 valence electrons. The molecule has 0 aliphatic rings. The molecule has 6 heteroatoms. The van der Waals surface area contributed by atoms with Crippen molar-refractivity contribution in [3.05, 3.63) is 59.9 Å². The Morgan fingerprint density at radius 2 is 1.67 bits per heavy atom. The van der Waals surface area contributed by atoms with Crippen molar-refractivity contribution in [2.24, 2.45) is 0 Å². The predicted molar refractivity (Wildman–Crippen MR) is 92.5 cm³/mol. The maximum absolute atomic E-state index is 13.4. The fourth-order valence-corrected chi connectivity index (χ4v) is 2.10. The molecule has 2 aromatic carbocycles. The van der Waals surface area contributed by atoms with Gasteiger partial charge in [0.1, 0.15) is 5.82 Å². The normalized spacial score (nSPS) is 10.1. The van der Waals surface area contributed by atoms with Crippen LogP contribution in [0.1, 0.15) is 5.56 Å². The van der Waals surface area contributed by atoms with Crippen LogP contribution in [0.3, 0.4) is 0 Å². The lowest BCUT2D eigenvalue weighted by Gasteiger charge is -2.12. The fourth-order valence-electron chi connectivity index (χ4n) is 2.10. The Hall–Kier alpha value is -2.89. The molecule has 2 rings (SSSR count). The van der Waals surface area contributed by atoms with Gasteiger partial charge in [-0.3, -0.25) is 9.59 Å². The first-order valence-corrected chi connectivity index (χ1v) is 7.57. The van der Waals surface area contributed by atoms with Gasteiger partial charge in [0.05, 0.1) is 5.69 Å². The van der Waals surface area contributed by atoms with Gasteiger partial charge in [-0.2, -0.15) is 0 Å². The molecule has 0 radical (unpaired) electrons. The van der Waals surface area contributed by atoms with E-state index >= 15 is 0 Å². The first kappa shape index (κ1) is 17.5. The number of hydrogen-bond donors (Lipinski definition) is 2. The molecule has 0 aromatic heterocycles. The summed E-state index contributed by atoms with van der Waals surface area (Å²) < 4.78 is 13.4. The molecule has 0 atom stereocenters. The number of carbonyl (C=O) groups excluding carboxylic acids is 2. The number of nitrogens with one attached hydrogen (secondary N) is 2. The number of anilines is 2. The van der Waals surface area contributed by atoms with Crippen molar-refractivity contribution in [3.8, 4) is 0 Å². The molecular weight excluding hydrogens is 309 g/mol. The third-order valence-electron chi connectivity index (χ3n) is 3.48. The first-order chi connectivity index (χ1) is 11.5. The molecule has 0 saturated carbocycles. The van der Waals surface area contributed by atoms with Gasteiger partial charge in [-0.25, -0.2) is 4.39 Å². The summed E-state index contributed by atoms with van der Waals surface area (Å²) in [5.41, 5.74) is 2.12. The number of nitrogens with zero attached hydrogens (tertiary/aromatic N) is 1. The van der Waals surface area contributed by atoms with E-state index in [9.17, 15) is 14.0 Å². The second-order valence-electron chi connectivity index (χ2n) is 5.50. The van der Waals surface area contributed by atoms with E-state index in [1.807, 2.05) is 43.3 Å². The number of hydrogen-bond acceptors (Lipinski definition) is 3. The summed E-state index contributed by atoms with van der Waals surface area (Å²) in [6.45, 7) is 0.324. The number of carbonyl (C=O) groups is 2. The molecule has 0 aliphatic carbocycles. The van der Waals surface area contributed by atoms with E-state index < -0.39 is 17.6 Å². The number of amides is 2. The zero-order valence-corrected chi connectivity index (χ0v) is 13.7. The highest BCUT2D eigenvalue weighted by Gasteiger charge is 2.14. The van der Waals surface area contributed by atoms with Gasteiger partial charge >= 0.3 is 11.8 Å². The summed E-state index contributed by atoms with van der Waals surface area (Å²) in [5.74, 6) is -2.26. The molecule has 2 N–H and O–H groups in total. The average Bonchev–Trinajstić information content (AvgIpc) is 2.57. The third-order valence-corrected chi connectivity index (χ3v) is 3.48. The second kappa shape index (κ2) is 8.10. The van der Waals surface area contributed by atoms with Gasteiger partial charge in [-0.15, -0.1) is 0 Å². The molecule has 0 fully saturated rings. The van der Waals surface area contributed by atoms with Crippen molar-refractivity contribution < 1.29 is 14.0 Å². The number of rotatable bonds is 5. The third kappa shape index (κ3) is 4.81. The Morgan fingerprint density at radius 3 is 2.29 bits per heavy atom. The van der Waals surface area contributed by atoms with Gasteiger partial charge < -0.3 is 15.5 Å². The predicted octanol–water partition coefficient (Wildman–Crippen LogP) is 2.19. The van der Waals surface area contributed by atoms with E-state index in [0.717, 1.165) is 11.3 Å². The summed E-state index contributed by atoms with van der Waals surface area (Å²) in [6, 6.07) is 13.6. The van der Waals surface area contributed by atoms with Gasteiger partial charge in [0, 0.05) is 26.3 Å². The van der Waals surface area contributed by atoms with Gasteiger partial charge in [0.25, 0.3) is 0 Å². The summed E-state index contributed by atoms with van der Waals surface area (Å²) >= 11 is 0. The van der Waals surface area contributed by atoms with Crippen molar-refractivity contribution in [3.63, 3.8) is 0 Å². The van der Waals surface area contributed by atoms with Crippen molar-refractivity contribution in [1.82, 2.24) is 5.32 Å². The summed E-state index contributed by atoms with van der Waals surface area (Å²) in [4.78, 5) is 25.5. The standard InChI is InChI=1S/C18H20FN3O2/c1-22(2)14-9-7-13(8-10-14)11-12-20-17(23)18(24)21-16-6-4-3-5-15(16)19/h3-10H,11-12H2,1-2H3,(H,20,23)(H,21,24). The lowest BCUT2D eigenvalue weighted by molar-refractivity contribution is -0.136. The van der Waals surface area contributed by atoms with Crippen LogP contribution >= 0.6 is 0 Å². The monoisotopic (exact) mass is 329 g/mol. The molecule has 5 nitrogen and oxygen atoms in total. The van der Waals surface area contributed by atoms with Crippen LogP contribution in [-0.4, -0.2) is 32.5 Å². The van der Waals surface area contributed by atoms with E-state index in [2.05, 4.69) is 10.6 Å². The minimum atomic E-state index is -0.886. The highest BCUT2D eigenvalue weighted by Crippen LogP contribution is 2.13. The molecule has 0 aliphatic heterocycles. The van der Waals surface area contributed by atoms with Crippen LogP contribution < -0.4 is 15.5 Å². The van der Waals surface area contributed by atoms with E-state index in [1.165, 1.54) is 18.2 Å². The molecule has 0 saturated heterocycles. The summed E-state index contributed by atoms with van der Waals surface area (Å²) in [7, 11) is 3.92. The SMILES string of the molecule is CN(C)c1ccc(CCNC(=O)C(=O)Nc2ccccc2F)cc1. The largest absolute Gasteiger partial charge is 0.378 e. The van der Waals surface area contributed by atoms with Gasteiger partial charge in [0.15, 0.2) is 0 Å². The van der Waals surface area contributed by atoms with Crippen LogP contribution in [0.15, 0.2) is 48.5 Å². The Balaban J connectivity index is 1.80. The van der Waals surface area contributed by atoms with Gasteiger partial charge in [-0.1, -0.05) is 24.3 Å². The fraction of sp³-hybridized carbons (Fsp3) is 0.222. The van der Waals surface area contributed by atoms with Gasteiger partial charge in [-0.05, 0) is 36.2 Å². The molecule has 0 bridgehead atoms. The average molecular weight is 329 g/mol. The number of para-hydroxylation sites is 1. The minimum absolute atomic E-state index is 0.0167. The maximum atomic E-state index is 13.4. The highest BCUT2D eigenvalue weighted by molar-refractivity contribution is 6.39. The van der Waals surface area contributed by atoms with Crippen LogP contribution in [0.2, 0.25) is 0 Å². The van der Waals surface area contributed by atoms with Gasteiger partial charge in [0.2, 0.25) is 0 Å². The van der Waals surface area contributed by atoms with Crippen LogP contribution in [0, 0.1) is 5.82 Å². The second-order valence-corrected chi connectivity index (χ2v) is 5.50. The zero-order valence-electron chi connectivity index (χ0n) is 13.7. The smallest absolute Gasteiger partial charge is 0.313 e. The van der Waals surface area contributed by atoms with Crippen molar-refractivity contribution in [2.75, 3.05) is 30.9 Å². The molecular formula is C18H20FN3O2. The molecule has 2 aromatic rings. The molecule has 0 spiro atoms. The van der Waals surface area contributed by atoms with Crippen LogP contribution in [0.5, 0.6) is 0 Å². The summed E-state index contributed by atoms with van der Waals surface area (Å²) in [6.07, 6.45) is 0.604. The Bertz CT molecular complexity index is 714. The minimum Gasteiger partial charge on any atom is -0.378 e. The van der Waals surface area contributed by atoms with Crippen LogP contribution in [-0.2, 0) is 16.0 Å². The number of halogens is 1.